The fourth-order valence-electron chi connectivity index (χ4n) is 1.56. The van der Waals surface area contributed by atoms with Crippen LogP contribution >= 0.6 is 0 Å². The van der Waals surface area contributed by atoms with Crippen LogP contribution < -0.4 is 10.6 Å². The number of amides is 2. The zero-order chi connectivity index (χ0) is 10.7. The first-order valence-corrected chi connectivity index (χ1v) is 4.91. The fraction of sp³-hybridized carbons (Fsp3) is 0.273. The number of benzene rings is 1. The maximum absolute atomic E-state index is 11.6. The summed E-state index contributed by atoms with van der Waals surface area (Å²) in [7, 11) is 0. The molecule has 2 rings (SSSR count). The van der Waals surface area contributed by atoms with Gasteiger partial charge in [-0.1, -0.05) is 18.2 Å². The van der Waals surface area contributed by atoms with Crippen LogP contribution in [-0.4, -0.2) is 17.9 Å². The Bertz CT molecular complexity index is 375. The van der Waals surface area contributed by atoms with Gasteiger partial charge >= 0.3 is 0 Å². The van der Waals surface area contributed by atoms with Gasteiger partial charge in [0.25, 0.3) is 0 Å². The van der Waals surface area contributed by atoms with Crippen LogP contribution in [0.1, 0.15) is 12.8 Å². The second kappa shape index (κ2) is 4.13. The molecule has 1 aliphatic rings. The molecule has 1 aromatic carbocycles. The summed E-state index contributed by atoms with van der Waals surface area (Å²) >= 11 is 0. The van der Waals surface area contributed by atoms with E-state index < -0.39 is 0 Å². The van der Waals surface area contributed by atoms with Crippen molar-refractivity contribution < 1.29 is 9.59 Å². The highest BCUT2D eigenvalue weighted by Crippen LogP contribution is 2.10. The molecule has 1 aromatic rings. The molecule has 1 saturated heterocycles. The predicted molar refractivity (Wildman–Crippen MR) is 56.2 cm³/mol. The quantitative estimate of drug-likeness (QED) is 0.752. The molecule has 2 N–H and O–H groups in total. The second-order valence-corrected chi connectivity index (χ2v) is 3.51. The Balaban J connectivity index is 1.96. The van der Waals surface area contributed by atoms with Gasteiger partial charge in [-0.25, -0.2) is 0 Å². The summed E-state index contributed by atoms with van der Waals surface area (Å²) in [5.41, 5.74) is 0.753. The van der Waals surface area contributed by atoms with Gasteiger partial charge in [0, 0.05) is 12.1 Å². The zero-order valence-corrected chi connectivity index (χ0v) is 8.19. The van der Waals surface area contributed by atoms with Gasteiger partial charge < -0.3 is 10.6 Å². The summed E-state index contributed by atoms with van der Waals surface area (Å²) in [5, 5.41) is 5.37. The lowest BCUT2D eigenvalue weighted by Crippen LogP contribution is -2.37. The smallest absolute Gasteiger partial charge is 0.246 e. The van der Waals surface area contributed by atoms with Crippen LogP contribution in [0.4, 0.5) is 5.69 Å². The van der Waals surface area contributed by atoms with Crippen LogP contribution in [0.15, 0.2) is 30.3 Å². The molecule has 0 aliphatic carbocycles. The summed E-state index contributed by atoms with van der Waals surface area (Å²) in [6.07, 6.45) is 1.02. The Morgan fingerprint density at radius 2 is 2.07 bits per heavy atom. The second-order valence-electron chi connectivity index (χ2n) is 3.51. The van der Waals surface area contributed by atoms with Gasteiger partial charge in [-0.2, -0.15) is 0 Å². The molecule has 1 fully saturated rings. The minimum Gasteiger partial charge on any atom is -0.344 e. The lowest BCUT2D eigenvalue weighted by Gasteiger charge is -2.10. The van der Waals surface area contributed by atoms with Crippen LogP contribution in [0.5, 0.6) is 0 Å². The van der Waals surface area contributed by atoms with Gasteiger partial charge in [-0.15, -0.1) is 0 Å². The van der Waals surface area contributed by atoms with E-state index in [1.54, 1.807) is 0 Å². The molecule has 78 valence electrons. The number of para-hydroxylation sites is 1. The van der Waals surface area contributed by atoms with Crippen LogP contribution in [0, 0.1) is 0 Å². The Labute approximate surface area is 87.7 Å². The van der Waals surface area contributed by atoms with Crippen molar-refractivity contribution in [1.82, 2.24) is 5.32 Å². The lowest BCUT2D eigenvalue weighted by atomic mass is 10.2. The van der Waals surface area contributed by atoms with Crippen LogP contribution in [0.3, 0.4) is 0 Å². The highest BCUT2D eigenvalue weighted by Gasteiger charge is 2.26. The average Bonchev–Trinajstić information content (AvgIpc) is 2.66. The maximum Gasteiger partial charge on any atom is 0.246 e. The van der Waals surface area contributed by atoms with Gasteiger partial charge in [0.05, 0.1) is 0 Å². The highest BCUT2D eigenvalue weighted by molar-refractivity contribution is 5.98. The van der Waals surface area contributed by atoms with E-state index in [0.29, 0.717) is 12.8 Å². The molecule has 1 heterocycles. The Kier molecular flexibility index (Phi) is 2.67. The summed E-state index contributed by atoms with van der Waals surface area (Å²) in [6, 6.07) is 8.83. The van der Waals surface area contributed by atoms with Crippen molar-refractivity contribution >= 4 is 17.5 Å². The third kappa shape index (κ3) is 2.34. The first-order valence-electron chi connectivity index (χ1n) is 4.91. The Morgan fingerprint density at radius 1 is 1.33 bits per heavy atom. The van der Waals surface area contributed by atoms with E-state index >= 15 is 0 Å². The van der Waals surface area contributed by atoms with Crippen molar-refractivity contribution in [3.63, 3.8) is 0 Å². The number of carbonyl (C=O) groups excluding carboxylic acids is 2. The number of carbonyl (C=O) groups is 2. The molecule has 1 aliphatic heterocycles. The van der Waals surface area contributed by atoms with E-state index in [9.17, 15) is 9.59 Å². The van der Waals surface area contributed by atoms with Crippen molar-refractivity contribution in [2.45, 2.75) is 18.9 Å². The van der Waals surface area contributed by atoms with E-state index in [1.807, 2.05) is 30.3 Å². The zero-order valence-electron chi connectivity index (χ0n) is 8.19. The normalized spacial score (nSPS) is 19.7. The molecular weight excluding hydrogens is 192 g/mol. The molecule has 4 nitrogen and oxygen atoms in total. The summed E-state index contributed by atoms with van der Waals surface area (Å²) in [6.45, 7) is 0. The summed E-state index contributed by atoms with van der Waals surface area (Å²) < 4.78 is 0. The van der Waals surface area contributed by atoms with Crippen LogP contribution in [0.2, 0.25) is 0 Å². The van der Waals surface area contributed by atoms with Crippen molar-refractivity contribution in [3.05, 3.63) is 30.3 Å². The molecule has 15 heavy (non-hydrogen) atoms. The number of rotatable bonds is 2. The monoisotopic (exact) mass is 204 g/mol. The van der Waals surface area contributed by atoms with Crippen molar-refractivity contribution in [1.29, 1.82) is 0 Å². The molecule has 1 atom stereocenters. The van der Waals surface area contributed by atoms with E-state index in [1.165, 1.54) is 0 Å². The standard InChI is InChI=1S/C11H12N2O2/c14-10-7-6-9(13-10)11(15)12-8-4-2-1-3-5-8/h1-5,9H,6-7H2,(H,12,15)(H,13,14)/t9-/m1/s1. The molecule has 4 heteroatoms. The van der Waals surface area contributed by atoms with Crippen LogP contribution in [-0.2, 0) is 9.59 Å². The molecule has 0 saturated carbocycles. The Hall–Kier alpha value is -1.84. The summed E-state index contributed by atoms with van der Waals surface area (Å²) in [4.78, 5) is 22.6. The minimum absolute atomic E-state index is 0.0526. The van der Waals surface area contributed by atoms with Gasteiger partial charge in [-0.3, -0.25) is 9.59 Å². The van der Waals surface area contributed by atoms with Gasteiger partial charge in [0.15, 0.2) is 0 Å². The first kappa shape index (κ1) is 9.71. The van der Waals surface area contributed by atoms with E-state index in [4.69, 9.17) is 0 Å². The van der Waals surface area contributed by atoms with Crippen LogP contribution in [0.25, 0.3) is 0 Å². The average molecular weight is 204 g/mol. The van der Waals surface area contributed by atoms with Gasteiger partial charge in [-0.05, 0) is 18.6 Å². The van der Waals surface area contributed by atoms with E-state index in [-0.39, 0.29) is 17.9 Å². The van der Waals surface area contributed by atoms with E-state index in [2.05, 4.69) is 10.6 Å². The molecule has 0 radical (unpaired) electrons. The number of nitrogens with one attached hydrogen (secondary N) is 2. The minimum atomic E-state index is -0.377. The lowest BCUT2D eigenvalue weighted by molar-refractivity contribution is -0.122. The number of hydrogen-bond donors (Lipinski definition) is 2. The van der Waals surface area contributed by atoms with Crippen molar-refractivity contribution in [2.75, 3.05) is 5.32 Å². The molecule has 2 amide bonds. The fourth-order valence-corrected chi connectivity index (χ4v) is 1.56. The van der Waals surface area contributed by atoms with E-state index in [0.717, 1.165) is 5.69 Å². The molecule has 0 spiro atoms. The molecular formula is C11H12N2O2. The maximum atomic E-state index is 11.6. The Morgan fingerprint density at radius 3 is 2.67 bits per heavy atom. The predicted octanol–water partition coefficient (Wildman–Crippen LogP) is 0.904. The van der Waals surface area contributed by atoms with Gasteiger partial charge in [0.1, 0.15) is 6.04 Å². The summed E-state index contributed by atoms with van der Waals surface area (Å²) in [5.74, 6) is -0.199. The van der Waals surface area contributed by atoms with Crippen molar-refractivity contribution in [3.8, 4) is 0 Å². The largest absolute Gasteiger partial charge is 0.344 e. The SMILES string of the molecule is O=C1CC[C@H](C(=O)Nc2ccccc2)N1. The topological polar surface area (TPSA) is 58.2 Å². The first-order chi connectivity index (χ1) is 7.25. The number of anilines is 1. The molecule has 0 aromatic heterocycles. The van der Waals surface area contributed by atoms with Gasteiger partial charge in [0.2, 0.25) is 11.8 Å². The third-order valence-corrected chi connectivity index (χ3v) is 2.35. The van der Waals surface area contributed by atoms with Crippen molar-refractivity contribution in [2.24, 2.45) is 0 Å². The molecule has 0 unspecified atom stereocenters. The highest BCUT2D eigenvalue weighted by atomic mass is 16.2. The third-order valence-electron chi connectivity index (χ3n) is 2.35. The number of hydrogen-bond acceptors (Lipinski definition) is 2. The molecule has 0 bridgehead atoms.